The Labute approximate surface area is 197 Å². The second-order valence-corrected chi connectivity index (χ2v) is 8.55. The molecule has 8 heteroatoms. The maximum absolute atomic E-state index is 13.0. The largest absolute Gasteiger partial charge is 0.497 e. The molecule has 174 valence electrons. The highest BCUT2D eigenvalue weighted by atomic mass is 16.5. The van der Waals surface area contributed by atoms with E-state index in [1.165, 1.54) is 4.68 Å². The number of hydrogen-bond donors (Lipinski definition) is 0. The van der Waals surface area contributed by atoms with E-state index in [1.807, 2.05) is 71.1 Å². The number of amides is 1. The van der Waals surface area contributed by atoms with Crippen LogP contribution < -0.4 is 4.74 Å². The Hall–Kier alpha value is -3.94. The number of carbonyl (C=O) groups is 2. The lowest BCUT2D eigenvalue weighted by molar-refractivity contribution is -0.131. The highest BCUT2D eigenvalue weighted by molar-refractivity contribution is 5.93. The van der Waals surface area contributed by atoms with Gasteiger partial charge < -0.3 is 9.64 Å². The first-order chi connectivity index (χ1) is 16.5. The standard InChI is InChI=1S/C26H27N5O3/c1-18-22-6-3-4-7-24(22)31(27-18)26(33)13-12-25(32)29-14-5-15-30-20(17-29)16-23(28-30)19-8-10-21(34-2)11-9-19/h3-4,6-11,16H,5,12-15,17H2,1-2H3. The first kappa shape index (κ1) is 21.9. The van der Waals surface area contributed by atoms with Gasteiger partial charge in [0, 0.05) is 36.9 Å². The van der Waals surface area contributed by atoms with Crippen molar-refractivity contribution in [2.45, 2.75) is 39.3 Å². The van der Waals surface area contributed by atoms with Gasteiger partial charge in [0.2, 0.25) is 11.8 Å². The average Bonchev–Trinajstić information content (AvgIpc) is 3.36. The third kappa shape index (κ3) is 4.19. The van der Waals surface area contributed by atoms with E-state index < -0.39 is 0 Å². The zero-order valence-corrected chi connectivity index (χ0v) is 19.4. The van der Waals surface area contributed by atoms with Gasteiger partial charge in [0.25, 0.3) is 0 Å². The summed E-state index contributed by atoms with van der Waals surface area (Å²) in [4.78, 5) is 27.7. The molecule has 0 atom stereocenters. The Balaban J connectivity index is 1.26. The summed E-state index contributed by atoms with van der Waals surface area (Å²) in [5.41, 5.74) is 4.47. The number of benzene rings is 2. The predicted molar refractivity (Wildman–Crippen MR) is 129 cm³/mol. The van der Waals surface area contributed by atoms with Crippen LogP contribution >= 0.6 is 0 Å². The van der Waals surface area contributed by atoms with Crippen LogP contribution in [0.1, 0.15) is 35.4 Å². The van der Waals surface area contributed by atoms with Crippen LogP contribution in [-0.2, 0) is 17.9 Å². The van der Waals surface area contributed by atoms with E-state index in [2.05, 4.69) is 5.10 Å². The Bertz CT molecular complexity index is 1350. The van der Waals surface area contributed by atoms with Crippen LogP contribution in [-0.4, -0.2) is 49.9 Å². The lowest BCUT2D eigenvalue weighted by Gasteiger charge is -2.19. The number of fused-ring (bicyclic) bond motifs is 2. The number of carbonyl (C=O) groups excluding carboxylic acids is 2. The molecule has 0 radical (unpaired) electrons. The minimum atomic E-state index is -0.167. The summed E-state index contributed by atoms with van der Waals surface area (Å²) in [6.07, 6.45) is 1.10. The number of aromatic nitrogens is 4. The second kappa shape index (κ2) is 9.13. The molecule has 0 N–H and O–H groups in total. The van der Waals surface area contributed by atoms with Crippen LogP contribution in [0.4, 0.5) is 0 Å². The first-order valence-corrected chi connectivity index (χ1v) is 11.5. The van der Waals surface area contributed by atoms with Gasteiger partial charge in [-0.15, -0.1) is 0 Å². The van der Waals surface area contributed by atoms with E-state index in [1.54, 1.807) is 7.11 Å². The van der Waals surface area contributed by atoms with E-state index in [0.717, 1.165) is 52.3 Å². The molecular formula is C26H27N5O3. The molecule has 2 aromatic carbocycles. The SMILES string of the molecule is COc1ccc(-c2cc3n(n2)CCCN(C(=O)CCC(=O)n2nc(C)c4ccccc42)C3)cc1. The average molecular weight is 458 g/mol. The van der Waals surface area contributed by atoms with Gasteiger partial charge in [-0.1, -0.05) is 18.2 Å². The van der Waals surface area contributed by atoms with Crippen LogP contribution in [0.5, 0.6) is 5.75 Å². The first-order valence-electron chi connectivity index (χ1n) is 11.5. The number of ether oxygens (including phenoxy) is 1. The van der Waals surface area contributed by atoms with E-state index >= 15 is 0 Å². The van der Waals surface area contributed by atoms with Crippen LogP contribution in [0.25, 0.3) is 22.2 Å². The van der Waals surface area contributed by atoms with Crippen molar-refractivity contribution in [3.8, 4) is 17.0 Å². The Morgan fingerprint density at radius 2 is 1.74 bits per heavy atom. The van der Waals surface area contributed by atoms with Gasteiger partial charge in [0.05, 0.1) is 36.3 Å². The van der Waals surface area contributed by atoms with Gasteiger partial charge >= 0.3 is 0 Å². The molecule has 34 heavy (non-hydrogen) atoms. The maximum Gasteiger partial charge on any atom is 0.247 e. The summed E-state index contributed by atoms with van der Waals surface area (Å²) in [7, 11) is 1.64. The molecule has 4 aromatic rings. The molecule has 3 heterocycles. The molecule has 0 fully saturated rings. The minimum absolute atomic E-state index is 0.0258. The molecule has 2 aromatic heterocycles. The fraction of sp³-hybridized carbons (Fsp3) is 0.308. The van der Waals surface area contributed by atoms with Gasteiger partial charge in [-0.25, -0.2) is 0 Å². The number of methoxy groups -OCH3 is 1. The fourth-order valence-electron chi connectivity index (χ4n) is 4.47. The topological polar surface area (TPSA) is 82.3 Å². The molecular weight excluding hydrogens is 430 g/mol. The summed E-state index contributed by atoms with van der Waals surface area (Å²) in [5, 5.41) is 10.1. The zero-order valence-electron chi connectivity index (χ0n) is 19.4. The number of para-hydroxylation sites is 1. The van der Waals surface area contributed by atoms with Crippen molar-refractivity contribution in [1.82, 2.24) is 24.5 Å². The van der Waals surface area contributed by atoms with Crippen molar-refractivity contribution in [1.29, 1.82) is 0 Å². The highest BCUT2D eigenvalue weighted by Crippen LogP contribution is 2.25. The fourth-order valence-corrected chi connectivity index (χ4v) is 4.47. The molecule has 0 aliphatic carbocycles. The van der Waals surface area contributed by atoms with Crippen LogP contribution in [0.15, 0.2) is 54.6 Å². The Kier molecular flexibility index (Phi) is 5.88. The van der Waals surface area contributed by atoms with E-state index in [4.69, 9.17) is 9.84 Å². The van der Waals surface area contributed by atoms with Crippen molar-refractivity contribution < 1.29 is 14.3 Å². The van der Waals surface area contributed by atoms with Crippen molar-refractivity contribution in [3.63, 3.8) is 0 Å². The van der Waals surface area contributed by atoms with Gasteiger partial charge in [-0.05, 0) is 49.7 Å². The third-order valence-corrected chi connectivity index (χ3v) is 6.31. The molecule has 0 spiro atoms. The summed E-state index contributed by atoms with van der Waals surface area (Å²) in [6, 6.07) is 17.5. The number of nitrogens with zero attached hydrogens (tertiary/aromatic N) is 5. The van der Waals surface area contributed by atoms with Crippen LogP contribution in [0, 0.1) is 6.92 Å². The number of rotatable bonds is 5. The van der Waals surface area contributed by atoms with Gasteiger partial charge in [0.15, 0.2) is 0 Å². The van der Waals surface area contributed by atoms with Gasteiger partial charge in [0.1, 0.15) is 5.75 Å². The van der Waals surface area contributed by atoms with E-state index in [-0.39, 0.29) is 24.7 Å². The summed E-state index contributed by atoms with van der Waals surface area (Å²) < 4.78 is 8.64. The Morgan fingerprint density at radius 1 is 0.971 bits per heavy atom. The summed E-state index contributed by atoms with van der Waals surface area (Å²) in [5.74, 6) is 0.607. The van der Waals surface area contributed by atoms with Crippen molar-refractivity contribution in [2.75, 3.05) is 13.7 Å². The maximum atomic E-state index is 13.0. The van der Waals surface area contributed by atoms with Crippen molar-refractivity contribution >= 4 is 22.7 Å². The molecule has 0 saturated heterocycles. The molecule has 1 amide bonds. The minimum Gasteiger partial charge on any atom is -0.497 e. The molecule has 1 aliphatic rings. The van der Waals surface area contributed by atoms with Crippen molar-refractivity contribution in [2.24, 2.45) is 0 Å². The quantitative estimate of drug-likeness (QED) is 0.451. The monoisotopic (exact) mass is 457 g/mol. The lowest BCUT2D eigenvalue weighted by atomic mass is 10.1. The summed E-state index contributed by atoms with van der Waals surface area (Å²) in [6.45, 7) is 3.78. The summed E-state index contributed by atoms with van der Waals surface area (Å²) >= 11 is 0. The second-order valence-electron chi connectivity index (χ2n) is 8.55. The lowest BCUT2D eigenvalue weighted by Crippen LogP contribution is -2.31. The predicted octanol–water partition coefficient (Wildman–Crippen LogP) is 4.07. The smallest absolute Gasteiger partial charge is 0.247 e. The molecule has 0 bridgehead atoms. The van der Waals surface area contributed by atoms with Crippen LogP contribution in [0.2, 0.25) is 0 Å². The normalized spacial score (nSPS) is 13.5. The molecule has 8 nitrogen and oxygen atoms in total. The highest BCUT2D eigenvalue weighted by Gasteiger charge is 2.22. The molecule has 0 saturated carbocycles. The van der Waals surface area contributed by atoms with Gasteiger partial charge in [-0.2, -0.15) is 14.9 Å². The zero-order chi connectivity index (χ0) is 23.7. The molecule has 1 aliphatic heterocycles. The third-order valence-electron chi connectivity index (χ3n) is 6.31. The number of aryl methyl sites for hydroxylation is 2. The number of hydrogen-bond acceptors (Lipinski definition) is 5. The Morgan fingerprint density at radius 3 is 2.53 bits per heavy atom. The van der Waals surface area contributed by atoms with Gasteiger partial charge in [-0.3, -0.25) is 14.3 Å². The van der Waals surface area contributed by atoms with Crippen molar-refractivity contribution in [3.05, 3.63) is 66.0 Å². The van der Waals surface area contributed by atoms with E-state index in [0.29, 0.717) is 13.1 Å². The molecule has 0 unspecified atom stereocenters. The van der Waals surface area contributed by atoms with Crippen LogP contribution in [0.3, 0.4) is 0 Å². The van der Waals surface area contributed by atoms with E-state index in [9.17, 15) is 9.59 Å². The molecule has 5 rings (SSSR count).